The van der Waals surface area contributed by atoms with E-state index in [-0.39, 0.29) is 49.9 Å². The standard InChI is InChI=1S/C23H32N4O7S/c1-34-16-5-3-14(4-6-16)11-17(22(24)32)26-23(33)18-12-15(25-19(28)13-35-2)9-10-27(18)20(29)7-8-21(30)31/h3-6,15,17-18H,7-13H2,1-2H3,(H2,24,32)(H,25,28)(H,26,33)(H,30,31)/t15-,17-,18+/m0/s1. The SMILES string of the molecule is COc1ccc(C[C@H](NC(=O)[C@H]2C[C@@H](NC(=O)CSC)CCN2C(=O)CCC(=O)O)C(N)=O)cc1. The van der Waals surface area contributed by atoms with Crippen LogP contribution in [0.25, 0.3) is 0 Å². The molecule has 1 aromatic rings. The number of benzene rings is 1. The van der Waals surface area contributed by atoms with E-state index >= 15 is 0 Å². The highest BCUT2D eigenvalue weighted by molar-refractivity contribution is 7.99. The number of ether oxygens (including phenoxy) is 1. The molecule has 0 radical (unpaired) electrons. The summed E-state index contributed by atoms with van der Waals surface area (Å²) in [6.07, 6.45) is 1.88. The fourth-order valence-electron chi connectivity index (χ4n) is 3.89. The molecule has 0 bridgehead atoms. The maximum absolute atomic E-state index is 13.2. The van der Waals surface area contributed by atoms with Crippen LogP contribution in [0.1, 0.15) is 31.2 Å². The fraction of sp³-hybridized carbons (Fsp3) is 0.522. The molecular formula is C23H32N4O7S. The van der Waals surface area contributed by atoms with Crippen molar-refractivity contribution < 1.29 is 33.8 Å². The maximum atomic E-state index is 13.2. The minimum absolute atomic E-state index is 0.138. The van der Waals surface area contributed by atoms with Gasteiger partial charge in [0.05, 0.1) is 19.3 Å². The Balaban J connectivity index is 2.16. The number of carbonyl (C=O) groups excluding carboxylic acids is 4. The van der Waals surface area contributed by atoms with E-state index in [2.05, 4.69) is 10.6 Å². The largest absolute Gasteiger partial charge is 0.497 e. The number of aliphatic carboxylic acids is 1. The number of nitrogens with one attached hydrogen (secondary N) is 2. The van der Waals surface area contributed by atoms with Crippen molar-refractivity contribution in [2.24, 2.45) is 5.73 Å². The summed E-state index contributed by atoms with van der Waals surface area (Å²) in [7, 11) is 1.53. The number of carbonyl (C=O) groups is 5. The van der Waals surface area contributed by atoms with Crippen LogP contribution in [0.2, 0.25) is 0 Å². The Morgan fingerprint density at radius 3 is 2.46 bits per heavy atom. The summed E-state index contributed by atoms with van der Waals surface area (Å²) in [6.45, 7) is 0.167. The summed E-state index contributed by atoms with van der Waals surface area (Å²) in [5.74, 6) is -2.20. The minimum atomic E-state index is -1.12. The molecule has 1 saturated heterocycles. The number of primary amides is 1. The molecule has 1 aliphatic rings. The molecule has 11 nitrogen and oxygen atoms in total. The molecule has 192 valence electrons. The van der Waals surface area contributed by atoms with E-state index in [1.54, 1.807) is 30.5 Å². The lowest BCUT2D eigenvalue weighted by Gasteiger charge is -2.39. The second kappa shape index (κ2) is 13.6. The van der Waals surface area contributed by atoms with Crippen LogP contribution in [0.15, 0.2) is 24.3 Å². The molecule has 0 aliphatic carbocycles. The first-order valence-corrected chi connectivity index (χ1v) is 12.6. The number of rotatable bonds is 12. The molecule has 35 heavy (non-hydrogen) atoms. The summed E-state index contributed by atoms with van der Waals surface area (Å²) in [5.41, 5.74) is 6.28. The molecule has 5 N–H and O–H groups in total. The van der Waals surface area contributed by atoms with Crippen molar-refractivity contribution in [1.82, 2.24) is 15.5 Å². The van der Waals surface area contributed by atoms with Gasteiger partial charge in [0.15, 0.2) is 0 Å². The van der Waals surface area contributed by atoms with Crippen molar-refractivity contribution in [3.8, 4) is 5.75 Å². The van der Waals surface area contributed by atoms with E-state index in [0.29, 0.717) is 12.2 Å². The Labute approximate surface area is 208 Å². The third kappa shape index (κ3) is 8.78. The predicted molar refractivity (Wildman–Crippen MR) is 130 cm³/mol. The van der Waals surface area contributed by atoms with Gasteiger partial charge < -0.3 is 31.1 Å². The normalized spacial score (nSPS) is 18.3. The van der Waals surface area contributed by atoms with Crippen LogP contribution in [0.4, 0.5) is 0 Å². The highest BCUT2D eigenvalue weighted by Crippen LogP contribution is 2.21. The lowest BCUT2D eigenvalue weighted by molar-refractivity contribution is -0.146. The van der Waals surface area contributed by atoms with Gasteiger partial charge in [-0.05, 0) is 36.8 Å². The summed E-state index contributed by atoms with van der Waals surface area (Å²) < 4.78 is 5.12. The molecule has 0 unspecified atom stereocenters. The van der Waals surface area contributed by atoms with Gasteiger partial charge in [0, 0.05) is 25.4 Å². The lowest BCUT2D eigenvalue weighted by Crippen LogP contribution is -2.60. The Morgan fingerprint density at radius 2 is 1.89 bits per heavy atom. The van der Waals surface area contributed by atoms with Gasteiger partial charge >= 0.3 is 5.97 Å². The van der Waals surface area contributed by atoms with Crippen LogP contribution in [0.5, 0.6) is 5.75 Å². The molecule has 0 spiro atoms. The number of methoxy groups -OCH3 is 1. The zero-order valence-electron chi connectivity index (χ0n) is 19.8. The minimum Gasteiger partial charge on any atom is -0.497 e. The average molecular weight is 509 g/mol. The molecule has 0 aromatic heterocycles. The number of hydrogen-bond donors (Lipinski definition) is 4. The Morgan fingerprint density at radius 1 is 1.20 bits per heavy atom. The molecule has 12 heteroatoms. The molecule has 1 aliphatic heterocycles. The third-order valence-corrected chi connectivity index (χ3v) is 6.23. The average Bonchev–Trinajstić information content (AvgIpc) is 2.82. The van der Waals surface area contributed by atoms with Crippen LogP contribution >= 0.6 is 11.8 Å². The first kappa shape index (κ1) is 28.0. The van der Waals surface area contributed by atoms with Crippen LogP contribution in [-0.4, -0.2) is 83.4 Å². The van der Waals surface area contributed by atoms with Gasteiger partial charge in [-0.3, -0.25) is 24.0 Å². The smallest absolute Gasteiger partial charge is 0.303 e. The van der Waals surface area contributed by atoms with Crippen LogP contribution in [-0.2, 0) is 30.4 Å². The van der Waals surface area contributed by atoms with Crippen molar-refractivity contribution >= 4 is 41.4 Å². The van der Waals surface area contributed by atoms with Gasteiger partial charge in [0.25, 0.3) is 0 Å². The fourth-order valence-corrected chi connectivity index (χ4v) is 4.23. The van der Waals surface area contributed by atoms with Gasteiger partial charge in [0.2, 0.25) is 23.6 Å². The number of nitrogens with zero attached hydrogens (tertiary/aromatic N) is 1. The number of piperidine rings is 1. The van der Waals surface area contributed by atoms with Crippen molar-refractivity contribution in [3.05, 3.63) is 29.8 Å². The van der Waals surface area contributed by atoms with Gasteiger partial charge in [-0.1, -0.05) is 12.1 Å². The third-order valence-electron chi connectivity index (χ3n) is 5.68. The van der Waals surface area contributed by atoms with E-state index in [4.69, 9.17) is 15.6 Å². The molecule has 2 rings (SSSR count). The number of hydrogen-bond acceptors (Lipinski definition) is 7. The van der Waals surface area contributed by atoms with E-state index in [1.165, 1.54) is 23.8 Å². The number of amides is 4. The number of carboxylic acids is 1. The summed E-state index contributed by atoms with van der Waals surface area (Å²) in [6, 6.07) is 4.59. The van der Waals surface area contributed by atoms with Crippen molar-refractivity contribution in [2.75, 3.05) is 25.7 Å². The zero-order chi connectivity index (χ0) is 26.0. The van der Waals surface area contributed by atoms with Gasteiger partial charge in [0.1, 0.15) is 17.8 Å². The number of thioether (sulfide) groups is 1. The molecule has 0 saturated carbocycles. The van der Waals surface area contributed by atoms with Gasteiger partial charge in [-0.25, -0.2) is 0 Å². The predicted octanol–water partition coefficient (Wildman–Crippen LogP) is -0.0886. The molecule has 4 amide bonds. The second-order valence-electron chi connectivity index (χ2n) is 8.23. The summed E-state index contributed by atoms with van der Waals surface area (Å²) in [5, 5.41) is 14.4. The molecular weight excluding hydrogens is 476 g/mol. The monoisotopic (exact) mass is 508 g/mol. The van der Waals surface area contributed by atoms with Crippen molar-refractivity contribution in [1.29, 1.82) is 0 Å². The van der Waals surface area contributed by atoms with E-state index in [1.807, 2.05) is 0 Å². The Bertz CT molecular complexity index is 925. The van der Waals surface area contributed by atoms with Crippen molar-refractivity contribution in [2.45, 2.75) is 50.2 Å². The summed E-state index contributed by atoms with van der Waals surface area (Å²) >= 11 is 1.36. The zero-order valence-corrected chi connectivity index (χ0v) is 20.6. The highest BCUT2D eigenvalue weighted by Gasteiger charge is 2.37. The molecule has 1 heterocycles. The van der Waals surface area contributed by atoms with E-state index in [0.717, 1.165) is 5.56 Å². The van der Waals surface area contributed by atoms with Crippen LogP contribution in [0, 0.1) is 0 Å². The van der Waals surface area contributed by atoms with Gasteiger partial charge in [-0.2, -0.15) is 11.8 Å². The van der Waals surface area contributed by atoms with Gasteiger partial charge in [-0.15, -0.1) is 0 Å². The number of carboxylic acid groups (broad SMARTS) is 1. The molecule has 3 atom stereocenters. The maximum Gasteiger partial charge on any atom is 0.303 e. The Hall–Kier alpha value is -3.28. The first-order chi connectivity index (χ1) is 16.6. The molecule has 1 aromatic carbocycles. The van der Waals surface area contributed by atoms with Crippen LogP contribution in [0.3, 0.4) is 0 Å². The topological polar surface area (TPSA) is 168 Å². The number of nitrogens with two attached hydrogens (primary N) is 1. The molecule has 1 fully saturated rings. The van der Waals surface area contributed by atoms with Crippen LogP contribution < -0.4 is 21.1 Å². The van der Waals surface area contributed by atoms with E-state index in [9.17, 15) is 24.0 Å². The quantitative estimate of drug-likeness (QED) is 0.304. The lowest BCUT2D eigenvalue weighted by atomic mass is 9.95. The second-order valence-corrected chi connectivity index (χ2v) is 9.10. The van der Waals surface area contributed by atoms with Crippen molar-refractivity contribution in [3.63, 3.8) is 0 Å². The first-order valence-electron chi connectivity index (χ1n) is 11.2. The number of likely N-dealkylation sites (tertiary alicyclic amines) is 1. The van der Waals surface area contributed by atoms with E-state index < -0.39 is 35.8 Å². The Kier molecular flexibility index (Phi) is 10.8. The summed E-state index contributed by atoms with van der Waals surface area (Å²) in [4.78, 5) is 62.3. The highest BCUT2D eigenvalue weighted by atomic mass is 32.2.